The quantitative estimate of drug-likeness (QED) is 0.184. The molecule has 3 aromatic carbocycles. The number of benzene rings is 3. The molecule has 1 amide bonds. The van der Waals surface area contributed by atoms with Crippen LogP contribution in [0.1, 0.15) is 40.1 Å². The Morgan fingerprint density at radius 1 is 0.909 bits per heavy atom. The maximum absolute atomic E-state index is 12.5. The molecule has 8 heteroatoms. The Hall–Kier alpha value is -3.65. The monoisotopic (exact) mass is 510 g/mol. The van der Waals surface area contributed by atoms with Crippen LogP contribution >= 0.6 is 15.9 Å². The van der Waals surface area contributed by atoms with Crippen LogP contribution in [0, 0.1) is 0 Å². The van der Waals surface area contributed by atoms with Gasteiger partial charge in [-0.15, -0.1) is 0 Å². The van der Waals surface area contributed by atoms with Crippen molar-refractivity contribution in [3.63, 3.8) is 0 Å². The first-order valence-corrected chi connectivity index (χ1v) is 11.1. The summed E-state index contributed by atoms with van der Waals surface area (Å²) in [6.07, 6.45) is 1.48. The van der Waals surface area contributed by atoms with Gasteiger partial charge in [0.25, 0.3) is 5.91 Å². The van der Waals surface area contributed by atoms with Crippen LogP contribution in [-0.4, -0.2) is 31.3 Å². The smallest absolute Gasteiger partial charge is 0.343 e. The van der Waals surface area contributed by atoms with E-state index in [-0.39, 0.29) is 11.7 Å². The zero-order valence-electron chi connectivity index (χ0n) is 18.2. The van der Waals surface area contributed by atoms with Crippen molar-refractivity contribution in [2.45, 2.75) is 13.8 Å². The number of hydrogen-bond acceptors (Lipinski definition) is 6. The van der Waals surface area contributed by atoms with Gasteiger partial charge in [0.1, 0.15) is 5.75 Å². The summed E-state index contributed by atoms with van der Waals surface area (Å²) in [5.41, 5.74) is 4.01. The molecular weight excluding hydrogens is 488 g/mol. The molecule has 7 nitrogen and oxygen atoms in total. The summed E-state index contributed by atoms with van der Waals surface area (Å²) in [6, 6.07) is 18.7. The maximum atomic E-state index is 12.5. The lowest BCUT2D eigenvalue weighted by atomic mass is 10.2. The van der Waals surface area contributed by atoms with Crippen molar-refractivity contribution in [2.75, 3.05) is 13.2 Å². The third kappa shape index (κ3) is 6.92. The molecule has 0 aliphatic rings. The molecule has 170 valence electrons. The number of nitrogens with zero attached hydrogens (tertiary/aromatic N) is 1. The van der Waals surface area contributed by atoms with E-state index >= 15 is 0 Å². The fourth-order valence-electron chi connectivity index (χ4n) is 2.83. The largest absolute Gasteiger partial charge is 0.494 e. The van der Waals surface area contributed by atoms with Crippen molar-refractivity contribution in [3.8, 4) is 17.2 Å². The molecule has 1 N–H and O–H groups in total. The molecule has 0 atom stereocenters. The Balaban J connectivity index is 1.68. The minimum atomic E-state index is -0.512. The Morgan fingerprint density at radius 3 is 2.36 bits per heavy atom. The molecule has 0 bridgehead atoms. The topological polar surface area (TPSA) is 86.2 Å². The molecule has 0 aromatic heterocycles. The van der Waals surface area contributed by atoms with E-state index in [4.69, 9.17) is 14.2 Å². The van der Waals surface area contributed by atoms with Gasteiger partial charge >= 0.3 is 5.97 Å². The van der Waals surface area contributed by atoms with E-state index in [2.05, 4.69) is 26.5 Å². The predicted octanol–water partition coefficient (Wildman–Crippen LogP) is 5.23. The SMILES string of the molecule is CCOc1ccc(C(=O)Oc2ccc(/C=N/NC(=O)c3cccc(Br)c3)cc2OCC)cc1. The van der Waals surface area contributed by atoms with Gasteiger partial charge in [-0.3, -0.25) is 4.79 Å². The van der Waals surface area contributed by atoms with E-state index in [0.717, 1.165) is 4.47 Å². The summed E-state index contributed by atoms with van der Waals surface area (Å²) >= 11 is 3.33. The number of carbonyl (C=O) groups is 2. The molecule has 0 heterocycles. The number of ether oxygens (including phenoxy) is 3. The summed E-state index contributed by atoms with van der Waals surface area (Å²) in [6.45, 7) is 4.65. The highest BCUT2D eigenvalue weighted by Gasteiger charge is 2.13. The van der Waals surface area contributed by atoms with Crippen LogP contribution in [0.4, 0.5) is 0 Å². The number of hydrogen-bond donors (Lipinski definition) is 1. The second-order valence-corrected chi connectivity index (χ2v) is 7.61. The molecule has 0 saturated carbocycles. The van der Waals surface area contributed by atoms with Gasteiger partial charge in [0.2, 0.25) is 0 Å². The van der Waals surface area contributed by atoms with Crippen LogP contribution < -0.4 is 19.6 Å². The molecule has 0 aliphatic carbocycles. The normalized spacial score (nSPS) is 10.6. The molecule has 3 rings (SSSR count). The van der Waals surface area contributed by atoms with Crippen molar-refractivity contribution >= 4 is 34.0 Å². The van der Waals surface area contributed by atoms with Gasteiger partial charge < -0.3 is 14.2 Å². The number of nitrogens with one attached hydrogen (secondary N) is 1. The van der Waals surface area contributed by atoms with Crippen molar-refractivity contribution in [2.24, 2.45) is 5.10 Å². The minimum Gasteiger partial charge on any atom is -0.494 e. The van der Waals surface area contributed by atoms with Crippen molar-refractivity contribution in [1.29, 1.82) is 0 Å². The average molecular weight is 511 g/mol. The van der Waals surface area contributed by atoms with Crippen LogP contribution in [0.15, 0.2) is 76.3 Å². The Labute approximate surface area is 200 Å². The minimum absolute atomic E-state index is 0.283. The summed E-state index contributed by atoms with van der Waals surface area (Å²) in [4.78, 5) is 24.7. The zero-order valence-corrected chi connectivity index (χ0v) is 19.8. The number of esters is 1. The van der Waals surface area contributed by atoms with E-state index in [0.29, 0.717) is 41.4 Å². The molecule has 3 aromatic rings. The van der Waals surface area contributed by atoms with Gasteiger partial charge in [0.05, 0.1) is 25.0 Å². The number of halogens is 1. The highest BCUT2D eigenvalue weighted by Crippen LogP contribution is 2.29. The highest BCUT2D eigenvalue weighted by atomic mass is 79.9. The zero-order chi connectivity index (χ0) is 23.6. The lowest BCUT2D eigenvalue weighted by Crippen LogP contribution is -2.17. The molecule has 0 unspecified atom stereocenters. The van der Waals surface area contributed by atoms with Crippen LogP contribution in [0.25, 0.3) is 0 Å². The molecule has 0 fully saturated rings. The van der Waals surface area contributed by atoms with Crippen LogP contribution in [-0.2, 0) is 0 Å². The van der Waals surface area contributed by atoms with Gasteiger partial charge in [0, 0.05) is 10.0 Å². The summed E-state index contributed by atoms with van der Waals surface area (Å²) in [5.74, 6) is 0.505. The average Bonchev–Trinajstić information content (AvgIpc) is 2.81. The Kier molecular flexibility index (Phi) is 8.60. The molecular formula is C25H23BrN2O5. The molecule has 33 heavy (non-hydrogen) atoms. The third-order valence-corrected chi connectivity index (χ3v) is 4.83. The number of amides is 1. The van der Waals surface area contributed by atoms with Gasteiger partial charge in [-0.05, 0) is 80.1 Å². The molecule has 0 radical (unpaired) electrons. The summed E-state index contributed by atoms with van der Waals surface area (Å²) in [7, 11) is 0. The highest BCUT2D eigenvalue weighted by molar-refractivity contribution is 9.10. The van der Waals surface area contributed by atoms with Gasteiger partial charge in [-0.2, -0.15) is 5.10 Å². The van der Waals surface area contributed by atoms with E-state index in [1.807, 2.05) is 19.9 Å². The van der Waals surface area contributed by atoms with Crippen LogP contribution in [0.5, 0.6) is 17.2 Å². The van der Waals surface area contributed by atoms with E-state index in [1.165, 1.54) is 6.21 Å². The van der Waals surface area contributed by atoms with E-state index in [9.17, 15) is 9.59 Å². The van der Waals surface area contributed by atoms with Crippen molar-refractivity contribution in [3.05, 3.63) is 87.9 Å². The predicted molar refractivity (Wildman–Crippen MR) is 129 cm³/mol. The van der Waals surface area contributed by atoms with Gasteiger partial charge in [-0.1, -0.05) is 22.0 Å². The van der Waals surface area contributed by atoms with Crippen LogP contribution in [0.2, 0.25) is 0 Å². The fourth-order valence-corrected chi connectivity index (χ4v) is 3.23. The van der Waals surface area contributed by atoms with Crippen molar-refractivity contribution < 1.29 is 23.8 Å². The van der Waals surface area contributed by atoms with E-state index in [1.54, 1.807) is 60.7 Å². The lowest BCUT2D eigenvalue weighted by molar-refractivity contribution is 0.0728. The first-order valence-electron chi connectivity index (χ1n) is 10.3. The molecule has 0 aliphatic heterocycles. The fraction of sp³-hybridized carbons (Fsp3) is 0.160. The third-order valence-electron chi connectivity index (χ3n) is 4.34. The number of hydrazone groups is 1. The van der Waals surface area contributed by atoms with Crippen LogP contribution in [0.3, 0.4) is 0 Å². The lowest BCUT2D eigenvalue weighted by Gasteiger charge is -2.11. The van der Waals surface area contributed by atoms with Crippen molar-refractivity contribution in [1.82, 2.24) is 5.43 Å². The Bertz CT molecular complexity index is 1150. The number of rotatable bonds is 9. The number of carbonyl (C=O) groups excluding carboxylic acids is 2. The summed E-state index contributed by atoms with van der Waals surface area (Å²) in [5, 5.41) is 4.00. The Morgan fingerprint density at radius 2 is 1.67 bits per heavy atom. The van der Waals surface area contributed by atoms with Gasteiger partial charge in [0.15, 0.2) is 11.5 Å². The molecule has 0 saturated heterocycles. The molecule has 0 spiro atoms. The van der Waals surface area contributed by atoms with E-state index < -0.39 is 5.97 Å². The second kappa shape index (κ2) is 11.8. The standard InChI is InChI=1S/C25H23BrN2O5/c1-3-31-21-11-9-18(10-12-21)25(30)33-22-13-8-17(14-23(22)32-4-2)16-27-28-24(29)19-6-5-7-20(26)15-19/h5-16H,3-4H2,1-2H3,(H,28,29)/b27-16+. The first kappa shape index (κ1) is 24.0. The second-order valence-electron chi connectivity index (χ2n) is 6.70. The van der Waals surface area contributed by atoms with Gasteiger partial charge in [-0.25, -0.2) is 10.2 Å². The summed E-state index contributed by atoms with van der Waals surface area (Å²) < 4.78 is 17.3. The first-order chi connectivity index (χ1) is 16.0. The maximum Gasteiger partial charge on any atom is 0.343 e.